The first kappa shape index (κ1) is 55.1. The predicted octanol–water partition coefficient (Wildman–Crippen LogP) is 15.2. The Bertz CT molecular complexity index is 1260. The third kappa shape index (κ3) is 45.0. The lowest BCUT2D eigenvalue weighted by Crippen LogP contribution is -2.30. The first-order valence-corrected chi connectivity index (χ1v) is 23.5. The van der Waals surface area contributed by atoms with Crippen molar-refractivity contribution in [3.05, 3.63) is 109 Å². The van der Waals surface area contributed by atoms with Crippen LogP contribution in [0.25, 0.3) is 0 Å². The molecule has 0 N–H and O–H groups in total. The van der Waals surface area contributed by atoms with Gasteiger partial charge in [-0.05, 0) is 77.0 Å². The first-order valence-electron chi connectivity index (χ1n) is 23.5. The van der Waals surface area contributed by atoms with Gasteiger partial charge in [0.15, 0.2) is 6.10 Å². The molecule has 332 valence electrons. The topological polar surface area (TPSA) is 78.9 Å². The second-order valence-electron chi connectivity index (χ2n) is 15.1. The standard InChI is InChI=1S/C53H84O6/c1-4-7-10-13-16-19-21-23-25-26-28-29-31-34-37-40-43-46-52(55)58-49-50(48-57-51(54)45-42-39-36-33-18-15-12-9-6-3)59-53(56)47-44-41-38-35-32-30-27-24-22-20-17-14-11-8-5-2/h8,11,14,16-17,19-20,22-25,27-30,32,34,37,50H,4-7,9-10,12-13,15,18,21,26,31,33,35-36,38-49H2,1-3H3/b11-8-,17-14-,19-16-,22-20-,25-23-,27-24-,29-28-,32-30-,37-34-. The zero-order chi connectivity index (χ0) is 43.0. The van der Waals surface area contributed by atoms with Gasteiger partial charge in [-0.15, -0.1) is 0 Å². The Balaban J connectivity index is 4.55. The molecule has 0 aromatic rings. The second kappa shape index (κ2) is 46.8. The van der Waals surface area contributed by atoms with Gasteiger partial charge in [0, 0.05) is 19.3 Å². The third-order valence-corrected chi connectivity index (χ3v) is 9.39. The van der Waals surface area contributed by atoms with Gasteiger partial charge < -0.3 is 14.2 Å². The van der Waals surface area contributed by atoms with E-state index < -0.39 is 6.10 Å². The lowest BCUT2D eigenvalue weighted by Gasteiger charge is -2.18. The van der Waals surface area contributed by atoms with E-state index in [9.17, 15) is 14.4 Å². The van der Waals surface area contributed by atoms with E-state index >= 15 is 0 Å². The van der Waals surface area contributed by atoms with Crippen LogP contribution in [-0.2, 0) is 28.6 Å². The Morgan fingerprint density at radius 1 is 0.373 bits per heavy atom. The molecule has 0 aliphatic carbocycles. The monoisotopic (exact) mass is 817 g/mol. The van der Waals surface area contributed by atoms with E-state index in [4.69, 9.17) is 14.2 Å². The van der Waals surface area contributed by atoms with Crippen LogP contribution in [0.4, 0.5) is 0 Å². The molecule has 0 aromatic carbocycles. The van der Waals surface area contributed by atoms with Crippen LogP contribution < -0.4 is 0 Å². The predicted molar refractivity (Wildman–Crippen MR) is 251 cm³/mol. The highest BCUT2D eigenvalue weighted by Crippen LogP contribution is 2.12. The highest BCUT2D eigenvalue weighted by Gasteiger charge is 2.19. The molecule has 0 aliphatic heterocycles. The fraction of sp³-hybridized carbons (Fsp3) is 0.604. The molecule has 0 heterocycles. The van der Waals surface area contributed by atoms with Crippen molar-refractivity contribution < 1.29 is 28.6 Å². The van der Waals surface area contributed by atoms with Crippen molar-refractivity contribution in [2.75, 3.05) is 13.2 Å². The molecule has 0 amide bonds. The minimum atomic E-state index is -0.820. The van der Waals surface area contributed by atoms with Crippen molar-refractivity contribution in [3.63, 3.8) is 0 Å². The number of ether oxygens (including phenoxy) is 3. The fourth-order valence-electron chi connectivity index (χ4n) is 5.86. The van der Waals surface area contributed by atoms with Gasteiger partial charge in [0.2, 0.25) is 0 Å². The second-order valence-corrected chi connectivity index (χ2v) is 15.1. The fourth-order valence-corrected chi connectivity index (χ4v) is 5.86. The molecular formula is C53H84O6. The van der Waals surface area contributed by atoms with E-state index in [0.717, 1.165) is 70.6 Å². The molecule has 6 nitrogen and oxygen atoms in total. The van der Waals surface area contributed by atoms with E-state index in [1.165, 1.54) is 64.2 Å². The maximum Gasteiger partial charge on any atom is 0.306 e. The summed E-state index contributed by atoms with van der Waals surface area (Å²) in [6, 6.07) is 0. The Hall–Kier alpha value is -3.93. The zero-order valence-electron chi connectivity index (χ0n) is 37.7. The molecule has 0 saturated heterocycles. The van der Waals surface area contributed by atoms with Crippen LogP contribution in [0.5, 0.6) is 0 Å². The van der Waals surface area contributed by atoms with Crippen LogP contribution in [0.1, 0.15) is 188 Å². The van der Waals surface area contributed by atoms with Gasteiger partial charge >= 0.3 is 17.9 Å². The average Bonchev–Trinajstić information content (AvgIpc) is 3.23. The molecule has 6 heteroatoms. The van der Waals surface area contributed by atoms with Crippen LogP contribution in [0.3, 0.4) is 0 Å². The van der Waals surface area contributed by atoms with E-state index in [2.05, 4.69) is 81.5 Å². The number of carbonyl (C=O) groups is 3. The van der Waals surface area contributed by atoms with Crippen molar-refractivity contribution in [1.29, 1.82) is 0 Å². The molecule has 0 aromatic heterocycles. The average molecular weight is 817 g/mol. The number of unbranched alkanes of at least 4 members (excludes halogenated alkanes) is 15. The largest absolute Gasteiger partial charge is 0.462 e. The van der Waals surface area contributed by atoms with E-state index in [0.29, 0.717) is 19.3 Å². The van der Waals surface area contributed by atoms with Gasteiger partial charge in [0.05, 0.1) is 0 Å². The van der Waals surface area contributed by atoms with Crippen LogP contribution in [-0.4, -0.2) is 37.2 Å². The maximum atomic E-state index is 12.7. The first-order chi connectivity index (χ1) is 29.0. The molecule has 59 heavy (non-hydrogen) atoms. The van der Waals surface area contributed by atoms with E-state index in [1.807, 2.05) is 48.6 Å². The Kier molecular flexibility index (Phi) is 43.6. The van der Waals surface area contributed by atoms with Gasteiger partial charge in [-0.3, -0.25) is 14.4 Å². The Morgan fingerprint density at radius 2 is 0.746 bits per heavy atom. The van der Waals surface area contributed by atoms with Gasteiger partial charge in [-0.2, -0.15) is 0 Å². The Morgan fingerprint density at radius 3 is 1.29 bits per heavy atom. The summed E-state index contributed by atoms with van der Waals surface area (Å²) >= 11 is 0. The maximum absolute atomic E-state index is 12.7. The smallest absolute Gasteiger partial charge is 0.306 e. The summed E-state index contributed by atoms with van der Waals surface area (Å²) in [7, 11) is 0. The summed E-state index contributed by atoms with van der Waals surface area (Å²) in [6.45, 7) is 6.33. The van der Waals surface area contributed by atoms with Gasteiger partial charge in [-0.1, -0.05) is 201 Å². The molecule has 0 aliphatic rings. The number of rotatable bonds is 40. The molecule has 0 saturated carbocycles. The third-order valence-electron chi connectivity index (χ3n) is 9.39. The van der Waals surface area contributed by atoms with Gasteiger partial charge in [0.25, 0.3) is 0 Å². The highest BCUT2D eigenvalue weighted by molar-refractivity contribution is 5.71. The summed E-state index contributed by atoms with van der Waals surface area (Å²) in [4.78, 5) is 37.7. The molecule has 0 radical (unpaired) electrons. The SMILES string of the molecule is CC\C=C/C=C\C=C/C=C\C=C/CCCCCC(=O)OC(COC(=O)CCC/C=C\C/C=C\C/C=C\C/C=C\CCCCC)COC(=O)CCCCCCCCCCC. The molecular weight excluding hydrogens is 733 g/mol. The van der Waals surface area contributed by atoms with Crippen molar-refractivity contribution in [3.8, 4) is 0 Å². The van der Waals surface area contributed by atoms with Crippen molar-refractivity contribution >= 4 is 17.9 Å². The zero-order valence-corrected chi connectivity index (χ0v) is 37.7. The quantitative estimate of drug-likeness (QED) is 0.0201. The van der Waals surface area contributed by atoms with Crippen molar-refractivity contribution in [1.82, 2.24) is 0 Å². The number of hydrogen-bond acceptors (Lipinski definition) is 6. The van der Waals surface area contributed by atoms with E-state index in [-0.39, 0.29) is 44.0 Å². The summed E-state index contributed by atoms with van der Waals surface area (Å²) < 4.78 is 16.6. The number of esters is 3. The summed E-state index contributed by atoms with van der Waals surface area (Å²) in [6.07, 6.45) is 62.2. The van der Waals surface area contributed by atoms with Gasteiger partial charge in [0.1, 0.15) is 13.2 Å². The number of carbonyl (C=O) groups excluding carboxylic acids is 3. The van der Waals surface area contributed by atoms with Crippen LogP contribution in [0.2, 0.25) is 0 Å². The Labute approximate surface area is 361 Å². The molecule has 0 fully saturated rings. The van der Waals surface area contributed by atoms with E-state index in [1.54, 1.807) is 0 Å². The van der Waals surface area contributed by atoms with Crippen LogP contribution in [0.15, 0.2) is 109 Å². The van der Waals surface area contributed by atoms with Crippen LogP contribution >= 0.6 is 0 Å². The minimum absolute atomic E-state index is 0.114. The summed E-state index contributed by atoms with van der Waals surface area (Å²) in [5.74, 6) is -1.03. The minimum Gasteiger partial charge on any atom is -0.462 e. The van der Waals surface area contributed by atoms with Crippen molar-refractivity contribution in [2.45, 2.75) is 194 Å². The normalized spacial score (nSPS) is 13.1. The van der Waals surface area contributed by atoms with Crippen molar-refractivity contribution in [2.24, 2.45) is 0 Å². The number of allylic oxidation sites excluding steroid dienone is 18. The van der Waals surface area contributed by atoms with Gasteiger partial charge in [-0.25, -0.2) is 0 Å². The molecule has 1 atom stereocenters. The molecule has 0 rings (SSSR count). The lowest BCUT2D eigenvalue weighted by molar-refractivity contribution is -0.167. The molecule has 0 bridgehead atoms. The van der Waals surface area contributed by atoms with Crippen LogP contribution in [0, 0.1) is 0 Å². The summed E-state index contributed by atoms with van der Waals surface area (Å²) in [5.41, 5.74) is 0. The molecule has 0 spiro atoms. The molecule has 1 unspecified atom stereocenters. The number of hydrogen-bond donors (Lipinski definition) is 0. The lowest BCUT2D eigenvalue weighted by atomic mass is 10.1. The summed E-state index contributed by atoms with van der Waals surface area (Å²) in [5, 5.41) is 0. The highest BCUT2D eigenvalue weighted by atomic mass is 16.6.